The SMILES string of the molecule is O.O=C(OC1CCCCC1)C(O)CO. The molecule has 0 saturated heterocycles. The van der Waals surface area contributed by atoms with Gasteiger partial charge in [0.2, 0.25) is 0 Å². The Morgan fingerprint density at radius 3 is 2.43 bits per heavy atom. The van der Waals surface area contributed by atoms with Crippen LogP contribution < -0.4 is 0 Å². The molecule has 0 aromatic rings. The fourth-order valence-corrected chi connectivity index (χ4v) is 1.50. The summed E-state index contributed by atoms with van der Waals surface area (Å²) in [6, 6.07) is 0. The molecule has 1 rings (SSSR count). The van der Waals surface area contributed by atoms with Gasteiger partial charge in [-0.05, 0) is 25.7 Å². The molecule has 0 aliphatic heterocycles. The van der Waals surface area contributed by atoms with E-state index >= 15 is 0 Å². The zero-order chi connectivity index (χ0) is 9.68. The fourth-order valence-electron chi connectivity index (χ4n) is 1.50. The molecular weight excluding hydrogens is 188 g/mol. The minimum absolute atomic E-state index is 0. The molecule has 1 aliphatic carbocycles. The van der Waals surface area contributed by atoms with Gasteiger partial charge in [0.15, 0.2) is 6.10 Å². The number of hydrogen-bond acceptors (Lipinski definition) is 4. The minimum atomic E-state index is -1.37. The molecule has 84 valence electrons. The summed E-state index contributed by atoms with van der Waals surface area (Å²) in [6.07, 6.45) is 3.68. The zero-order valence-corrected chi connectivity index (χ0v) is 8.11. The molecule has 0 bridgehead atoms. The summed E-state index contributed by atoms with van der Waals surface area (Å²) in [5.41, 5.74) is 0. The Labute approximate surface area is 83.0 Å². The summed E-state index contributed by atoms with van der Waals surface area (Å²) in [5.74, 6) is -0.700. The van der Waals surface area contributed by atoms with Crippen LogP contribution in [0.1, 0.15) is 32.1 Å². The quantitative estimate of drug-likeness (QED) is 0.602. The van der Waals surface area contributed by atoms with Crippen LogP contribution in [0.3, 0.4) is 0 Å². The van der Waals surface area contributed by atoms with Crippen LogP contribution in [-0.4, -0.2) is 40.5 Å². The van der Waals surface area contributed by atoms with E-state index in [2.05, 4.69) is 0 Å². The maximum Gasteiger partial charge on any atom is 0.337 e. The average molecular weight is 206 g/mol. The molecule has 0 aromatic carbocycles. The number of aliphatic hydroxyl groups excluding tert-OH is 2. The van der Waals surface area contributed by atoms with Gasteiger partial charge in [0, 0.05) is 0 Å². The van der Waals surface area contributed by atoms with Crippen molar-refractivity contribution in [2.75, 3.05) is 6.61 Å². The first-order chi connectivity index (χ1) is 6.24. The standard InChI is InChI=1S/C9H16O4.H2O/c10-6-8(11)9(12)13-7-4-2-1-3-5-7;/h7-8,10-11H,1-6H2;1H2. The van der Waals surface area contributed by atoms with Crippen LogP contribution in [-0.2, 0) is 9.53 Å². The second-order valence-electron chi connectivity index (χ2n) is 3.40. The molecule has 1 unspecified atom stereocenters. The number of carbonyl (C=O) groups excluding carboxylic acids is 1. The minimum Gasteiger partial charge on any atom is -0.460 e. The Kier molecular flexibility index (Phi) is 6.44. The fraction of sp³-hybridized carbons (Fsp3) is 0.889. The molecule has 0 heterocycles. The van der Waals surface area contributed by atoms with Crippen molar-refractivity contribution in [1.82, 2.24) is 0 Å². The normalized spacial score (nSPS) is 19.6. The highest BCUT2D eigenvalue weighted by Crippen LogP contribution is 2.20. The highest BCUT2D eigenvalue weighted by molar-refractivity contribution is 5.74. The van der Waals surface area contributed by atoms with Crippen LogP contribution in [0.2, 0.25) is 0 Å². The van der Waals surface area contributed by atoms with Crippen molar-refractivity contribution in [2.24, 2.45) is 0 Å². The number of ether oxygens (including phenoxy) is 1. The summed E-state index contributed by atoms with van der Waals surface area (Å²) in [7, 11) is 0. The number of carbonyl (C=O) groups is 1. The molecule has 4 N–H and O–H groups in total. The van der Waals surface area contributed by atoms with Gasteiger partial charge in [-0.2, -0.15) is 0 Å². The van der Waals surface area contributed by atoms with Crippen LogP contribution in [0.5, 0.6) is 0 Å². The summed E-state index contributed by atoms with van der Waals surface area (Å²) < 4.78 is 5.00. The molecule has 1 aliphatic rings. The van der Waals surface area contributed by atoms with Crippen LogP contribution in [0, 0.1) is 0 Å². The third kappa shape index (κ3) is 4.04. The Morgan fingerprint density at radius 2 is 1.93 bits per heavy atom. The van der Waals surface area contributed by atoms with Gasteiger partial charge in [-0.1, -0.05) is 6.42 Å². The van der Waals surface area contributed by atoms with Crippen LogP contribution in [0.15, 0.2) is 0 Å². The van der Waals surface area contributed by atoms with Crippen molar-refractivity contribution in [2.45, 2.75) is 44.3 Å². The maximum absolute atomic E-state index is 11.0. The van der Waals surface area contributed by atoms with Gasteiger partial charge in [-0.15, -0.1) is 0 Å². The van der Waals surface area contributed by atoms with Crippen molar-refractivity contribution >= 4 is 5.97 Å². The number of hydrogen-bond donors (Lipinski definition) is 2. The average Bonchev–Trinajstić information content (AvgIpc) is 2.18. The van der Waals surface area contributed by atoms with E-state index < -0.39 is 18.7 Å². The van der Waals surface area contributed by atoms with Gasteiger partial charge >= 0.3 is 5.97 Å². The Hall–Kier alpha value is -0.650. The van der Waals surface area contributed by atoms with Crippen molar-refractivity contribution in [3.63, 3.8) is 0 Å². The smallest absolute Gasteiger partial charge is 0.337 e. The Balaban J connectivity index is 0.00000169. The van der Waals surface area contributed by atoms with Crippen molar-refractivity contribution in [3.05, 3.63) is 0 Å². The molecule has 0 radical (unpaired) electrons. The summed E-state index contributed by atoms with van der Waals surface area (Å²) >= 11 is 0. The predicted molar refractivity (Wildman–Crippen MR) is 49.7 cm³/mol. The molecule has 0 amide bonds. The maximum atomic E-state index is 11.0. The highest BCUT2D eigenvalue weighted by atomic mass is 16.6. The molecule has 1 atom stereocenters. The molecule has 0 spiro atoms. The summed E-state index contributed by atoms with van der Waals surface area (Å²) in [4.78, 5) is 11.0. The van der Waals surface area contributed by atoms with Gasteiger partial charge in [0.25, 0.3) is 0 Å². The Morgan fingerprint density at radius 1 is 1.36 bits per heavy atom. The van der Waals surface area contributed by atoms with E-state index in [0.29, 0.717) is 0 Å². The molecule has 0 aromatic heterocycles. The van der Waals surface area contributed by atoms with Gasteiger partial charge < -0.3 is 20.4 Å². The van der Waals surface area contributed by atoms with E-state index in [0.717, 1.165) is 25.7 Å². The van der Waals surface area contributed by atoms with Gasteiger partial charge in [-0.3, -0.25) is 0 Å². The first-order valence-electron chi connectivity index (χ1n) is 4.73. The summed E-state index contributed by atoms with van der Waals surface area (Å²) in [5, 5.41) is 17.4. The first-order valence-corrected chi connectivity index (χ1v) is 4.73. The van der Waals surface area contributed by atoms with Crippen molar-refractivity contribution < 1.29 is 25.2 Å². The lowest BCUT2D eigenvalue weighted by atomic mass is 9.98. The number of esters is 1. The van der Waals surface area contributed by atoms with Crippen LogP contribution >= 0.6 is 0 Å². The highest BCUT2D eigenvalue weighted by Gasteiger charge is 2.21. The van der Waals surface area contributed by atoms with Gasteiger partial charge in [0.1, 0.15) is 6.10 Å². The van der Waals surface area contributed by atoms with Crippen molar-refractivity contribution in [3.8, 4) is 0 Å². The van der Waals surface area contributed by atoms with E-state index in [9.17, 15) is 4.79 Å². The van der Waals surface area contributed by atoms with Crippen molar-refractivity contribution in [1.29, 1.82) is 0 Å². The van der Waals surface area contributed by atoms with Crippen LogP contribution in [0.25, 0.3) is 0 Å². The lowest BCUT2D eigenvalue weighted by molar-refractivity contribution is -0.162. The zero-order valence-electron chi connectivity index (χ0n) is 8.11. The molecule has 5 nitrogen and oxygen atoms in total. The molecule has 14 heavy (non-hydrogen) atoms. The van der Waals surface area contributed by atoms with Crippen LogP contribution in [0.4, 0.5) is 0 Å². The van der Waals surface area contributed by atoms with E-state index in [1.54, 1.807) is 0 Å². The van der Waals surface area contributed by atoms with Gasteiger partial charge in [-0.25, -0.2) is 4.79 Å². The Bertz CT molecular complexity index is 165. The number of rotatable bonds is 3. The topological polar surface area (TPSA) is 98.3 Å². The summed E-state index contributed by atoms with van der Waals surface area (Å²) in [6.45, 7) is -0.564. The third-order valence-corrected chi connectivity index (χ3v) is 2.28. The number of aliphatic hydroxyl groups is 2. The lowest BCUT2D eigenvalue weighted by Crippen LogP contribution is -2.31. The molecule has 5 heteroatoms. The molecule has 1 fully saturated rings. The second kappa shape index (κ2) is 6.75. The molecular formula is C9H18O5. The largest absolute Gasteiger partial charge is 0.460 e. The third-order valence-electron chi connectivity index (χ3n) is 2.28. The monoisotopic (exact) mass is 206 g/mol. The second-order valence-corrected chi connectivity index (χ2v) is 3.40. The van der Waals surface area contributed by atoms with E-state index in [-0.39, 0.29) is 11.6 Å². The molecule has 1 saturated carbocycles. The van der Waals surface area contributed by atoms with E-state index in [1.165, 1.54) is 6.42 Å². The van der Waals surface area contributed by atoms with E-state index in [1.807, 2.05) is 0 Å². The lowest BCUT2D eigenvalue weighted by Gasteiger charge is -2.22. The first kappa shape index (κ1) is 13.4. The van der Waals surface area contributed by atoms with E-state index in [4.69, 9.17) is 14.9 Å². The predicted octanol–water partition coefficient (Wildman–Crippen LogP) is -0.609. The van der Waals surface area contributed by atoms with Gasteiger partial charge in [0.05, 0.1) is 6.61 Å².